The van der Waals surface area contributed by atoms with E-state index >= 15 is 0 Å². The molecule has 2 heteroatoms. The summed E-state index contributed by atoms with van der Waals surface area (Å²) in [6.07, 6.45) is 2.06. The van der Waals surface area contributed by atoms with Gasteiger partial charge in [0.2, 0.25) is 0 Å². The standard InChI is InChI=1S/C14H22OS/c1-10(2)14(15,11(3)4)12-8-6-7-9-13(12)16-5/h6-11,15H,1-5H3. The SMILES string of the molecule is CSc1ccccc1C(O)(C(C)C)C(C)C. The summed E-state index contributed by atoms with van der Waals surface area (Å²) in [6.45, 7) is 8.32. The molecule has 0 spiro atoms. The van der Waals surface area contributed by atoms with E-state index < -0.39 is 5.60 Å². The van der Waals surface area contributed by atoms with Crippen molar-refractivity contribution in [2.24, 2.45) is 11.8 Å². The first kappa shape index (κ1) is 13.6. The van der Waals surface area contributed by atoms with Crippen molar-refractivity contribution in [1.82, 2.24) is 0 Å². The summed E-state index contributed by atoms with van der Waals surface area (Å²) in [5, 5.41) is 10.9. The molecule has 0 aliphatic rings. The molecule has 0 radical (unpaired) electrons. The van der Waals surface area contributed by atoms with Crippen LogP contribution in [0.1, 0.15) is 33.3 Å². The van der Waals surface area contributed by atoms with Gasteiger partial charge in [-0.15, -0.1) is 11.8 Å². The molecule has 0 atom stereocenters. The molecule has 1 rings (SSSR count). The highest BCUT2D eigenvalue weighted by molar-refractivity contribution is 7.98. The van der Waals surface area contributed by atoms with E-state index in [1.54, 1.807) is 11.8 Å². The fraction of sp³-hybridized carbons (Fsp3) is 0.571. The van der Waals surface area contributed by atoms with Gasteiger partial charge in [-0.2, -0.15) is 0 Å². The van der Waals surface area contributed by atoms with E-state index in [-0.39, 0.29) is 11.8 Å². The number of thioether (sulfide) groups is 1. The Hall–Kier alpha value is -0.470. The van der Waals surface area contributed by atoms with Crippen molar-refractivity contribution in [2.45, 2.75) is 38.2 Å². The van der Waals surface area contributed by atoms with Crippen molar-refractivity contribution in [1.29, 1.82) is 0 Å². The molecule has 0 aromatic heterocycles. The van der Waals surface area contributed by atoms with Crippen LogP contribution in [0.15, 0.2) is 29.2 Å². The lowest BCUT2D eigenvalue weighted by molar-refractivity contribution is -0.0553. The minimum Gasteiger partial charge on any atom is -0.385 e. The zero-order valence-corrected chi connectivity index (χ0v) is 11.6. The molecule has 0 unspecified atom stereocenters. The maximum absolute atomic E-state index is 10.9. The summed E-state index contributed by atoms with van der Waals surface area (Å²) in [7, 11) is 0. The average Bonchev–Trinajstić information content (AvgIpc) is 2.27. The fourth-order valence-electron chi connectivity index (χ4n) is 2.26. The summed E-state index contributed by atoms with van der Waals surface area (Å²) in [6, 6.07) is 8.16. The van der Waals surface area contributed by atoms with E-state index in [1.165, 1.54) is 4.90 Å². The van der Waals surface area contributed by atoms with Crippen molar-refractivity contribution >= 4 is 11.8 Å². The Morgan fingerprint density at radius 2 is 1.56 bits per heavy atom. The molecule has 0 aliphatic heterocycles. The predicted octanol–water partition coefficient (Wildman–Crippen LogP) is 3.91. The summed E-state index contributed by atoms with van der Waals surface area (Å²) in [5.74, 6) is 0.418. The Labute approximate surface area is 103 Å². The molecular weight excluding hydrogens is 216 g/mol. The summed E-state index contributed by atoms with van der Waals surface area (Å²) < 4.78 is 0. The molecule has 0 amide bonds. The van der Waals surface area contributed by atoms with Crippen LogP contribution in [0.25, 0.3) is 0 Å². The van der Waals surface area contributed by atoms with Crippen LogP contribution < -0.4 is 0 Å². The maximum atomic E-state index is 10.9. The molecule has 16 heavy (non-hydrogen) atoms. The second kappa shape index (κ2) is 5.24. The second-order valence-corrected chi connectivity index (χ2v) is 5.68. The lowest BCUT2D eigenvalue weighted by Gasteiger charge is -2.37. The summed E-state index contributed by atoms with van der Waals surface area (Å²) in [5.41, 5.74) is 0.326. The van der Waals surface area contributed by atoms with Gasteiger partial charge in [-0.05, 0) is 29.7 Å². The third-order valence-electron chi connectivity index (χ3n) is 3.30. The van der Waals surface area contributed by atoms with Crippen LogP contribution in [0.3, 0.4) is 0 Å². The van der Waals surface area contributed by atoms with Crippen molar-refractivity contribution in [3.8, 4) is 0 Å². The first-order chi connectivity index (χ1) is 7.44. The maximum Gasteiger partial charge on any atom is 0.0952 e. The van der Waals surface area contributed by atoms with E-state index in [1.807, 2.05) is 18.2 Å². The Morgan fingerprint density at radius 1 is 1.06 bits per heavy atom. The zero-order chi connectivity index (χ0) is 12.3. The smallest absolute Gasteiger partial charge is 0.0952 e. The summed E-state index contributed by atoms with van der Waals surface area (Å²) in [4.78, 5) is 1.17. The van der Waals surface area contributed by atoms with Crippen molar-refractivity contribution in [3.05, 3.63) is 29.8 Å². The Morgan fingerprint density at radius 3 is 2.00 bits per heavy atom. The number of aliphatic hydroxyl groups is 1. The van der Waals surface area contributed by atoms with Gasteiger partial charge in [0.05, 0.1) is 5.60 Å². The monoisotopic (exact) mass is 238 g/mol. The molecule has 1 aromatic carbocycles. The van der Waals surface area contributed by atoms with Gasteiger partial charge in [0, 0.05) is 4.90 Å². The highest BCUT2D eigenvalue weighted by Gasteiger charge is 2.37. The highest BCUT2D eigenvalue weighted by Crippen LogP contribution is 2.40. The van der Waals surface area contributed by atoms with Gasteiger partial charge in [-0.25, -0.2) is 0 Å². The highest BCUT2D eigenvalue weighted by atomic mass is 32.2. The van der Waals surface area contributed by atoms with Crippen LogP contribution >= 0.6 is 11.8 Å². The van der Waals surface area contributed by atoms with Gasteiger partial charge in [-0.1, -0.05) is 45.9 Å². The number of hydrogen-bond donors (Lipinski definition) is 1. The van der Waals surface area contributed by atoms with Crippen LogP contribution in [-0.4, -0.2) is 11.4 Å². The quantitative estimate of drug-likeness (QED) is 0.803. The number of hydrogen-bond acceptors (Lipinski definition) is 2. The van der Waals surface area contributed by atoms with Crippen molar-refractivity contribution in [2.75, 3.05) is 6.26 Å². The van der Waals surface area contributed by atoms with Gasteiger partial charge in [0.25, 0.3) is 0 Å². The largest absolute Gasteiger partial charge is 0.385 e. The normalized spacial score (nSPS) is 12.5. The Kier molecular flexibility index (Phi) is 4.45. The van der Waals surface area contributed by atoms with E-state index in [4.69, 9.17) is 0 Å². The molecule has 0 saturated carbocycles. The number of benzene rings is 1. The van der Waals surface area contributed by atoms with E-state index in [2.05, 4.69) is 40.0 Å². The third kappa shape index (κ3) is 2.28. The minimum absolute atomic E-state index is 0.209. The topological polar surface area (TPSA) is 20.2 Å². The molecule has 90 valence electrons. The van der Waals surface area contributed by atoms with Crippen LogP contribution in [0.4, 0.5) is 0 Å². The van der Waals surface area contributed by atoms with Gasteiger partial charge in [0.1, 0.15) is 0 Å². The van der Waals surface area contributed by atoms with Crippen molar-refractivity contribution < 1.29 is 5.11 Å². The van der Waals surface area contributed by atoms with Crippen LogP contribution in [0.2, 0.25) is 0 Å². The van der Waals surface area contributed by atoms with Gasteiger partial charge in [0.15, 0.2) is 0 Å². The Bertz CT molecular complexity index is 336. The van der Waals surface area contributed by atoms with Gasteiger partial charge < -0.3 is 5.11 Å². The lowest BCUT2D eigenvalue weighted by Crippen LogP contribution is -2.38. The predicted molar refractivity (Wildman–Crippen MR) is 71.8 cm³/mol. The van der Waals surface area contributed by atoms with Crippen LogP contribution in [0, 0.1) is 11.8 Å². The minimum atomic E-state index is -0.737. The van der Waals surface area contributed by atoms with E-state index in [9.17, 15) is 5.11 Å². The van der Waals surface area contributed by atoms with E-state index in [0.717, 1.165) is 5.56 Å². The lowest BCUT2D eigenvalue weighted by atomic mass is 9.75. The van der Waals surface area contributed by atoms with E-state index in [0.29, 0.717) is 0 Å². The Balaban J connectivity index is 3.32. The molecule has 0 aliphatic carbocycles. The number of rotatable bonds is 4. The van der Waals surface area contributed by atoms with Crippen molar-refractivity contribution in [3.63, 3.8) is 0 Å². The average molecular weight is 238 g/mol. The molecule has 0 saturated heterocycles. The fourth-order valence-corrected chi connectivity index (χ4v) is 2.93. The molecule has 0 heterocycles. The van der Waals surface area contributed by atoms with Gasteiger partial charge in [-0.3, -0.25) is 0 Å². The molecule has 1 N–H and O–H groups in total. The zero-order valence-electron chi connectivity index (χ0n) is 10.8. The first-order valence-corrected chi connectivity index (χ1v) is 7.02. The second-order valence-electron chi connectivity index (χ2n) is 4.84. The molecule has 1 nitrogen and oxygen atoms in total. The molecule has 1 aromatic rings. The third-order valence-corrected chi connectivity index (χ3v) is 4.09. The van der Waals surface area contributed by atoms with Crippen LogP contribution in [0.5, 0.6) is 0 Å². The molecule has 0 fully saturated rings. The molecule has 0 bridgehead atoms. The van der Waals surface area contributed by atoms with Crippen LogP contribution in [-0.2, 0) is 5.60 Å². The summed E-state index contributed by atoms with van der Waals surface area (Å²) >= 11 is 1.70. The molecular formula is C14H22OS. The van der Waals surface area contributed by atoms with Gasteiger partial charge >= 0.3 is 0 Å². The first-order valence-electron chi connectivity index (χ1n) is 5.80.